The van der Waals surface area contributed by atoms with Gasteiger partial charge in [0, 0.05) is 33.6 Å². The number of anilines is 3. The van der Waals surface area contributed by atoms with Crippen molar-refractivity contribution in [3.63, 3.8) is 0 Å². The van der Waals surface area contributed by atoms with Gasteiger partial charge in [-0.25, -0.2) is 0 Å². The zero-order valence-electron chi connectivity index (χ0n) is 27.8. The van der Waals surface area contributed by atoms with Crippen molar-refractivity contribution in [2.24, 2.45) is 0 Å². The van der Waals surface area contributed by atoms with Crippen molar-refractivity contribution in [2.75, 3.05) is 4.90 Å². The second kappa shape index (κ2) is 12.9. The Kier molecular flexibility index (Phi) is 8.20. The van der Waals surface area contributed by atoms with Crippen LogP contribution in [0.3, 0.4) is 0 Å². The standard InChI is InChI=1S/C45H31N5/c1-3-45(4-2)41-24-30(23-40-43(31(26-46)27-47)38-17-11-12-18-39(38)44(40)32(28-48)29-49)19-21-36(41)37-22-20-35(25-42(37)45)50(33-13-7-5-8-14-33)34-15-9-6-10-16-34/h5-25H,3-4H2,1-2H3. The maximum atomic E-state index is 9.99. The van der Waals surface area contributed by atoms with Crippen molar-refractivity contribution in [2.45, 2.75) is 32.1 Å². The Labute approximate surface area is 292 Å². The Morgan fingerprint density at radius 2 is 1.00 bits per heavy atom. The van der Waals surface area contributed by atoms with Crippen molar-refractivity contribution < 1.29 is 0 Å². The number of para-hydroxylation sites is 2. The van der Waals surface area contributed by atoms with Crippen LogP contribution < -0.4 is 4.90 Å². The molecular formula is C45H31N5. The molecule has 2 aliphatic carbocycles. The number of benzene rings is 5. The highest BCUT2D eigenvalue weighted by Gasteiger charge is 2.41. The third kappa shape index (κ3) is 4.90. The summed E-state index contributed by atoms with van der Waals surface area (Å²) in [5.74, 6) is 0. The van der Waals surface area contributed by atoms with Crippen molar-refractivity contribution in [3.05, 3.63) is 166 Å². The third-order valence-electron chi connectivity index (χ3n) is 10.1. The van der Waals surface area contributed by atoms with Crippen LogP contribution in [0.1, 0.15) is 54.5 Å². The molecule has 50 heavy (non-hydrogen) atoms. The van der Waals surface area contributed by atoms with E-state index in [1.165, 1.54) is 22.3 Å². The summed E-state index contributed by atoms with van der Waals surface area (Å²) in [6.45, 7) is 4.47. The van der Waals surface area contributed by atoms with Crippen LogP contribution in [0.4, 0.5) is 17.1 Å². The lowest BCUT2D eigenvalue weighted by molar-refractivity contribution is 0.490. The molecule has 5 aromatic carbocycles. The summed E-state index contributed by atoms with van der Waals surface area (Å²) in [5.41, 5.74) is 11.3. The first kappa shape index (κ1) is 31.7. The summed E-state index contributed by atoms with van der Waals surface area (Å²) in [7, 11) is 0. The third-order valence-corrected chi connectivity index (χ3v) is 10.1. The number of hydrogen-bond donors (Lipinski definition) is 0. The lowest BCUT2D eigenvalue weighted by Gasteiger charge is -2.32. The van der Waals surface area contributed by atoms with E-state index in [1.807, 2.05) is 48.5 Å². The van der Waals surface area contributed by atoms with E-state index < -0.39 is 0 Å². The minimum absolute atomic E-state index is 0.0622. The summed E-state index contributed by atoms with van der Waals surface area (Å²) < 4.78 is 0. The SMILES string of the molecule is CCC1(CC)c2cc(C=C3C(=C(C#N)C#N)c4ccccc4C3=C(C#N)C#N)ccc2-c2ccc(N(c3ccccc3)c3ccccc3)cc21. The van der Waals surface area contributed by atoms with E-state index >= 15 is 0 Å². The molecule has 5 nitrogen and oxygen atoms in total. The van der Waals surface area contributed by atoms with Gasteiger partial charge < -0.3 is 4.90 Å². The number of rotatable bonds is 6. The second-order valence-electron chi connectivity index (χ2n) is 12.4. The first-order valence-electron chi connectivity index (χ1n) is 16.6. The van der Waals surface area contributed by atoms with Crippen molar-refractivity contribution in [1.82, 2.24) is 0 Å². The topological polar surface area (TPSA) is 98.4 Å². The summed E-state index contributed by atoms with van der Waals surface area (Å²) in [6.07, 6.45) is 3.68. The highest BCUT2D eigenvalue weighted by atomic mass is 15.1. The van der Waals surface area contributed by atoms with Crippen LogP contribution in [0.15, 0.2) is 138 Å². The average molecular weight is 642 g/mol. The maximum Gasteiger partial charge on any atom is 0.138 e. The van der Waals surface area contributed by atoms with Gasteiger partial charge in [0.2, 0.25) is 0 Å². The van der Waals surface area contributed by atoms with Gasteiger partial charge in [0.25, 0.3) is 0 Å². The van der Waals surface area contributed by atoms with Gasteiger partial charge in [-0.15, -0.1) is 0 Å². The molecule has 0 amide bonds. The minimum atomic E-state index is -0.265. The molecule has 0 N–H and O–H groups in total. The summed E-state index contributed by atoms with van der Waals surface area (Å²) >= 11 is 0. The van der Waals surface area contributed by atoms with Gasteiger partial charge >= 0.3 is 0 Å². The monoisotopic (exact) mass is 641 g/mol. The van der Waals surface area contributed by atoms with Crippen LogP contribution in [0, 0.1) is 45.3 Å². The number of nitriles is 4. The van der Waals surface area contributed by atoms with E-state index in [1.54, 1.807) is 0 Å². The molecule has 5 heteroatoms. The largest absolute Gasteiger partial charge is 0.310 e. The summed E-state index contributed by atoms with van der Waals surface area (Å²) in [6, 6.07) is 49.5. The fourth-order valence-electron chi connectivity index (χ4n) is 7.80. The van der Waals surface area contributed by atoms with Gasteiger partial charge in [0.1, 0.15) is 35.4 Å². The molecule has 2 aliphatic rings. The Morgan fingerprint density at radius 1 is 0.540 bits per heavy atom. The van der Waals surface area contributed by atoms with E-state index in [9.17, 15) is 21.0 Å². The molecule has 0 aromatic heterocycles. The van der Waals surface area contributed by atoms with E-state index in [0.29, 0.717) is 27.8 Å². The van der Waals surface area contributed by atoms with Crippen molar-refractivity contribution in [3.8, 4) is 35.4 Å². The van der Waals surface area contributed by atoms with Gasteiger partial charge in [-0.1, -0.05) is 98.8 Å². The molecule has 7 rings (SSSR count). The Bertz CT molecular complexity index is 2290. The molecule has 0 radical (unpaired) electrons. The summed E-state index contributed by atoms with van der Waals surface area (Å²) in [4.78, 5) is 2.29. The molecule has 0 atom stereocenters. The number of fused-ring (bicyclic) bond motifs is 4. The molecule has 0 spiro atoms. The van der Waals surface area contributed by atoms with Gasteiger partial charge in [0.15, 0.2) is 0 Å². The molecular weight excluding hydrogens is 611 g/mol. The quantitative estimate of drug-likeness (QED) is 0.172. The van der Waals surface area contributed by atoms with Crippen LogP contribution in [0.25, 0.3) is 28.3 Å². The molecule has 0 saturated carbocycles. The lowest BCUT2D eigenvalue weighted by Crippen LogP contribution is -2.23. The molecule has 0 heterocycles. The lowest BCUT2D eigenvalue weighted by atomic mass is 9.73. The van der Waals surface area contributed by atoms with E-state index in [2.05, 4.69) is 122 Å². The van der Waals surface area contributed by atoms with Crippen LogP contribution in [-0.4, -0.2) is 0 Å². The first-order chi connectivity index (χ1) is 24.5. The molecule has 236 valence electrons. The molecule has 0 saturated heterocycles. The van der Waals surface area contributed by atoms with Crippen LogP contribution in [-0.2, 0) is 5.41 Å². The predicted molar refractivity (Wildman–Crippen MR) is 199 cm³/mol. The number of hydrogen-bond acceptors (Lipinski definition) is 5. The zero-order chi connectivity index (χ0) is 34.8. The van der Waals surface area contributed by atoms with Gasteiger partial charge in [-0.2, -0.15) is 21.0 Å². The first-order valence-corrected chi connectivity index (χ1v) is 16.6. The minimum Gasteiger partial charge on any atom is -0.310 e. The van der Waals surface area contributed by atoms with E-state index in [4.69, 9.17) is 0 Å². The van der Waals surface area contributed by atoms with E-state index in [0.717, 1.165) is 35.5 Å². The normalized spacial score (nSPS) is 13.1. The van der Waals surface area contributed by atoms with E-state index in [-0.39, 0.29) is 16.6 Å². The van der Waals surface area contributed by atoms with Gasteiger partial charge in [0.05, 0.1) is 0 Å². The zero-order valence-corrected chi connectivity index (χ0v) is 27.8. The fraction of sp³-hybridized carbons (Fsp3) is 0.111. The number of nitrogens with zero attached hydrogens (tertiary/aromatic N) is 5. The van der Waals surface area contributed by atoms with Gasteiger partial charge in [-0.3, -0.25) is 0 Å². The Morgan fingerprint density at radius 3 is 1.48 bits per heavy atom. The highest BCUT2D eigenvalue weighted by molar-refractivity contribution is 6.15. The fourth-order valence-corrected chi connectivity index (χ4v) is 7.80. The van der Waals surface area contributed by atoms with Gasteiger partial charge in [-0.05, 0) is 99.8 Å². The average Bonchev–Trinajstić information content (AvgIpc) is 3.63. The van der Waals surface area contributed by atoms with Crippen LogP contribution >= 0.6 is 0 Å². The van der Waals surface area contributed by atoms with Crippen LogP contribution in [0.5, 0.6) is 0 Å². The second-order valence-corrected chi connectivity index (χ2v) is 12.4. The smallest absolute Gasteiger partial charge is 0.138 e. The molecule has 0 bridgehead atoms. The Balaban J connectivity index is 1.42. The number of allylic oxidation sites excluding steroid dienone is 5. The Hall–Kier alpha value is -6.92. The molecule has 0 aliphatic heterocycles. The van der Waals surface area contributed by atoms with Crippen LogP contribution in [0.2, 0.25) is 0 Å². The molecule has 0 fully saturated rings. The molecule has 0 unspecified atom stereocenters. The summed E-state index contributed by atoms with van der Waals surface area (Å²) in [5, 5.41) is 40.0. The predicted octanol–water partition coefficient (Wildman–Crippen LogP) is 10.9. The van der Waals surface area contributed by atoms with Crippen molar-refractivity contribution >= 4 is 34.3 Å². The maximum absolute atomic E-state index is 9.99. The molecule has 5 aromatic rings. The van der Waals surface area contributed by atoms with Crippen molar-refractivity contribution in [1.29, 1.82) is 21.0 Å². The highest BCUT2D eigenvalue weighted by Crippen LogP contribution is 2.55.